The Hall–Kier alpha value is -0.0800. The highest BCUT2D eigenvalue weighted by atomic mass is 16.3. The van der Waals surface area contributed by atoms with E-state index >= 15 is 0 Å². The van der Waals surface area contributed by atoms with Crippen molar-refractivity contribution < 1.29 is 10.2 Å². The summed E-state index contributed by atoms with van der Waals surface area (Å²) in [5, 5.41) is 21.8. The van der Waals surface area contributed by atoms with Crippen LogP contribution in [0.3, 0.4) is 0 Å². The summed E-state index contributed by atoms with van der Waals surface area (Å²) in [4.78, 5) is 0. The van der Waals surface area contributed by atoms with Crippen molar-refractivity contribution in [1.29, 1.82) is 0 Å². The highest BCUT2D eigenvalue weighted by Crippen LogP contribution is 2.66. The Kier molecular flexibility index (Phi) is 3.25. The quantitative estimate of drug-likeness (QED) is 0.714. The monoisotopic (exact) mass is 292 g/mol. The number of hydrogen-bond acceptors (Lipinski definition) is 2. The first-order valence-electron chi connectivity index (χ1n) is 9.33. The molecule has 0 radical (unpaired) electrons. The van der Waals surface area contributed by atoms with Crippen LogP contribution in [0.4, 0.5) is 0 Å². The normalized spacial score (nSPS) is 60.0. The molecule has 0 aromatic carbocycles. The minimum atomic E-state index is -0.143. The second kappa shape index (κ2) is 4.71. The summed E-state index contributed by atoms with van der Waals surface area (Å²) >= 11 is 0. The summed E-state index contributed by atoms with van der Waals surface area (Å²) < 4.78 is 0. The van der Waals surface area contributed by atoms with Crippen molar-refractivity contribution in [2.24, 2.45) is 34.5 Å². The van der Waals surface area contributed by atoms with E-state index < -0.39 is 0 Å². The van der Waals surface area contributed by atoms with Gasteiger partial charge in [0.05, 0.1) is 12.2 Å². The molecular formula is C19H32O2. The molecule has 0 saturated heterocycles. The summed E-state index contributed by atoms with van der Waals surface area (Å²) in [6.07, 6.45) is 10.7. The topological polar surface area (TPSA) is 40.5 Å². The fraction of sp³-hybridized carbons (Fsp3) is 1.00. The number of fused-ring (bicyclic) bond motifs is 5. The fourth-order valence-corrected chi connectivity index (χ4v) is 7.21. The maximum absolute atomic E-state index is 10.9. The zero-order valence-corrected chi connectivity index (χ0v) is 13.7. The Morgan fingerprint density at radius 1 is 0.810 bits per heavy atom. The Morgan fingerprint density at radius 2 is 1.57 bits per heavy atom. The number of aliphatic hydroxyl groups is 2. The van der Waals surface area contributed by atoms with Crippen molar-refractivity contribution in [2.75, 3.05) is 0 Å². The van der Waals surface area contributed by atoms with E-state index in [1.54, 1.807) is 0 Å². The van der Waals surface area contributed by atoms with Crippen LogP contribution in [-0.2, 0) is 0 Å². The summed E-state index contributed by atoms with van der Waals surface area (Å²) in [5.74, 6) is 2.26. The molecule has 4 aliphatic rings. The van der Waals surface area contributed by atoms with Crippen molar-refractivity contribution in [2.45, 2.75) is 83.8 Å². The molecule has 0 bridgehead atoms. The number of aliphatic hydroxyl groups excluding tert-OH is 2. The van der Waals surface area contributed by atoms with Gasteiger partial charge < -0.3 is 10.2 Å². The first-order valence-corrected chi connectivity index (χ1v) is 9.33. The van der Waals surface area contributed by atoms with Crippen molar-refractivity contribution in [1.82, 2.24) is 0 Å². The van der Waals surface area contributed by atoms with E-state index in [4.69, 9.17) is 0 Å². The molecule has 8 unspecified atom stereocenters. The van der Waals surface area contributed by atoms with Crippen LogP contribution in [0.2, 0.25) is 0 Å². The van der Waals surface area contributed by atoms with Crippen molar-refractivity contribution >= 4 is 0 Å². The lowest BCUT2D eigenvalue weighted by Crippen LogP contribution is -2.60. The van der Waals surface area contributed by atoms with Crippen LogP contribution in [0.25, 0.3) is 0 Å². The molecule has 0 aromatic heterocycles. The van der Waals surface area contributed by atoms with E-state index in [0.717, 1.165) is 19.3 Å². The minimum absolute atomic E-state index is 0.0833. The van der Waals surface area contributed by atoms with Crippen LogP contribution in [0.15, 0.2) is 0 Å². The molecule has 0 spiro atoms. The van der Waals surface area contributed by atoms with Gasteiger partial charge in [-0.15, -0.1) is 0 Å². The second-order valence-corrected chi connectivity index (χ2v) is 9.19. The Morgan fingerprint density at radius 3 is 2.38 bits per heavy atom. The molecular weight excluding hydrogens is 260 g/mol. The number of rotatable bonds is 0. The maximum atomic E-state index is 10.9. The van der Waals surface area contributed by atoms with Crippen LogP contribution < -0.4 is 0 Å². The molecule has 4 aliphatic carbocycles. The molecule has 4 fully saturated rings. The minimum Gasteiger partial charge on any atom is -0.393 e. The number of hydrogen-bond donors (Lipinski definition) is 2. The molecule has 4 rings (SSSR count). The van der Waals surface area contributed by atoms with Gasteiger partial charge in [-0.25, -0.2) is 0 Å². The predicted octanol–water partition coefficient (Wildman–Crippen LogP) is 3.75. The molecule has 2 nitrogen and oxygen atoms in total. The maximum Gasteiger partial charge on any atom is 0.0599 e. The van der Waals surface area contributed by atoms with Gasteiger partial charge in [0, 0.05) is 0 Å². The van der Waals surface area contributed by atoms with Gasteiger partial charge >= 0.3 is 0 Å². The Bertz CT molecular complexity index is 422. The third-order valence-electron chi connectivity index (χ3n) is 8.51. The lowest BCUT2D eigenvalue weighted by atomic mass is 9.44. The molecule has 2 N–H and O–H groups in total. The lowest BCUT2D eigenvalue weighted by molar-refractivity contribution is -0.190. The molecule has 21 heavy (non-hydrogen) atoms. The van der Waals surface area contributed by atoms with E-state index in [-0.39, 0.29) is 17.6 Å². The van der Waals surface area contributed by atoms with E-state index in [9.17, 15) is 10.2 Å². The molecule has 4 saturated carbocycles. The van der Waals surface area contributed by atoms with Gasteiger partial charge in [0.15, 0.2) is 0 Å². The highest BCUT2D eigenvalue weighted by Gasteiger charge is 2.62. The van der Waals surface area contributed by atoms with E-state index in [1.807, 2.05) is 0 Å². The summed E-state index contributed by atoms with van der Waals surface area (Å²) in [6.45, 7) is 4.79. The first-order chi connectivity index (χ1) is 9.97. The van der Waals surface area contributed by atoms with Crippen LogP contribution >= 0.6 is 0 Å². The highest BCUT2D eigenvalue weighted by molar-refractivity contribution is 5.11. The summed E-state index contributed by atoms with van der Waals surface area (Å²) in [6, 6.07) is 0. The van der Waals surface area contributed by atoms with E-state index in [2.05, 4.69) is 13.8 Å². The van der Waals surface area contributed by atoms with Crippen LogP contribution in [0.5, 0.6) is 0 Å². The van der Waals surface area contributed by atoms with Crippen molar-refractivity contribution in [3.05, 3.63) is 0 Å². The Labute approximate surface area is 129 Å². The average molecular weight is 292 g/mol. The molecule has 120 valence electrons. The smallest absolute Gasteiger partial charge is 0.0599 e. The molecule has 8 atom stereocenters. The summed E-state index contributed by atoms with van der Waals surface area (Å²) in [5.41, 5.74) is 0.465. The van der Waals surface area contributed by atoms with Gasteiger partial charge in [-0.1, -0.05) is 33.1 Å². The first kappa shape index (κ1) is 14.5. The second-order valence-electron chi connectivity index (χ2n) is 9.19. The predicted molar refractivity (Wildman–Crippen MR) is 83.7 cm³/mol. The molecule has 0 amide bonds. The van der Waals surface area contributed by atoms with Gasteiger partial charge in [-0.3, -0.25) is 0 Å². The van der Waals surface area contributed by atoms with Gasteiger partial charge in [-0.2, -0.15) is 0 Å². The standard InChI is InChI=1S/C19H32O2/c1-18-8-4-3-6-12(18)10-15(20)17-13-7-5-9-19(13,2)16(21)11-14(17)18/h12-17,20-21H,3-11H2,1-2H3. The molecule has 0 heterocycles. The zero-order chi connectivity index (χ0) is 14.8. The zero-order valence-electron chi connectivity index (χ0n) is 13.7. The molecule has 0 aromatic rings. The Balaban J connectivity index is 1.72. The molecule has 0 aliphatic heterocycles. The van der Waals surface area contributed by atoms with Crippen LogP contribution in [-0.4, -0.2) is 22.4 Å². The van der Waals surface area contributed by atoms with Crippen LogP contribution in [0.1, 0.15) is 71.6 Å². The van der Waals surface area contributed by atoms with Crippen molar-refractivity contribution in [3.8, 4) is 0 Å². The van der Waals surface area contributed by atoms with Gasteiger partial charge in [-0.05, 0) is 73.0 Å². The third-order valence-corrected chi connectivity index (χ3v) is 8.51. The van der Waals surface area contributed by atoms with E-state index in [1.165, 1.54) is 38.5 Å². The van der Waals surface area contributed by atoms with Crippen molar-refractivity contribution in [3.63, 3.8) is 0 Å². The van der Waals surface area contributed by atoms with E-state index in [0.29, 0.717) is 29.1 Å². The van der Waals surface area contributed by atoms with Gasteiger partial charge in [0.2, 0.25) is 0 Å². The largest absolute Gasteiger partial charge is 0.393 e. The molecule has 2 heteroatoms. The average Bonchev–Trinajstić information content (AvgIpc) is 2.84. The van der Waals surface area contributed by atoms with Gasteiger partial charge in [0.1, 0.15) is 0 Å². The van der Waals surface area contributed by atoms with Crippen LogP contribution in [0, 0.1) is 34.5 Å². The lowest BCUT2D eigenvalue weighted by Gasteiger charge is -2.62. The SMILES string of the molecule is CC12CCCC1C1C(O)CC3CCCCC3(C)C1CC2O. The third kappa shape index (κ3) is 1.84. The summed E-state index contributed by atoms with van der Waals surface area (Å²) in [7, 11) is 0. The fourth-order valence-electron chi connectivity index (χ4n) is 7.21. The van der Waals surface area contributed by atoms with Gasteiger partial charge in [0.25, 0.3) is 0 Å².